The Bertz CT molecular complexity index is 962. The van der Waals surface area contributed by atoms with E-state index >= 15 is 0 Å². The first-order valence-electron chi connectivity index (χ1n) is 8.31. The van der Waals surface area contributed by atoms with Crippen LogP contribution in [0.2, 0.25) is 5.02 Å². The van der Waals surface area contributed by atoms with Gasteiger partial charge in [0.15, 0.2) is 11.6 Å². The highest BCUT2D eigenvalue weighted by atomic mass is 35.5. The number of rotatable bonds is 5. The fourth-order valence-corrected chi connectivity index (χ4v) is 2.54. The lowest BCUT2D eigenvalue weighted by molar-refractivity contribution is 0.293. The quantitative estimate of drug-likeness (QED) is 0.461. The molecule has 0 unspecified atom stereocenters. The summed E-state index contributed by atoms with van der Waals surface area (Å²) >= 11 is 5.89. The van der Waals surface area contributed by atoms with E-state index in [1.165, 1.54) is 24.4 Å². The van der Waals surface area contributed by atoms with E-state index in [1.54, 1.807) is 48.3 Å². The lowest BCUT2D eigenvalue weighted by Crippen LogP contribution is -2.32. The molecule has 28 heavy (non-hydrogen) atoms. The molecule has 3 rings (SSSR count). The van der Waals surface area contributed by atoms with Gasteiger partial charge in [-0.1, -0.05) is 17.7 Å². The lowest BCUT2D eigenvalue weighted by atomic mass is 10.2. The standard InChI is InChI=1S/C20H17ClF2N4O/c1-27(14-9-7-13(21)8-10-14)20(24)26-19-18(6-3-11-25-19)28-12-15-16(22)4-2-5-17(15)23/h2-11H,12H2,1H3,(H2,24,25,26). The molecule has 0 amide bonds. The molecule has 0 atom stereocenters. The van der Waals surface area contributed by atoms with E-state index in [1.807, 2.05) is 0 Å². The van der Waals surface area contributed by atoms with Crippen LogP contribution in [0, 0.1) is 17.0 Å². The van der Waals surface area contributed by atoms with Crippen molar-refractivity contribution < 1.29 is 13.5 Å². The van der Waals surface area contributed by atoms with Crippen molar-refractivity contribution in [3.63, 3.8) is 0 Å². The molecule has 1 aromatic heterocycles. The van der Waals surface area contributed by atoms with Crippen LogP contribution >= 0.6 is 11.6 Å². The van der Waals surface area contributed by atoms with Gasteiger partial charge in [-0.2, -0.15) is 0 Å². The van der Waals surface area contributed by atoms with Crippen molar-refractivity contribution in [2.75, 3.05) is 17.3 Å². The zero-order chi connectivity index (χ0) is 20.1. The summed E-state index contributed by atoms with van der Waals surface area (Å²) in [5.41, 5.74) is 0.569. The van der Waals surface area contributed by atoms with E-state index in [4.69, 9.17) is 21.7 Å². The van der Waals surface area contributed by atoms with E-state index in [0.29, 0.717) is 5.02 Å². The van der Waals surface area contributed by atoms with Crippen molar-refractivity contribution in [2.45, 2.75) is 6.61 Å². The predicted octanol–water partition coefficient (Wildman–Crippen LogP) is 5.08. The molecule has 3 aromatic rings. The zero-order valence-corrected chi connectivity index (χ0v) is 15.7. The van der Waals surface area contributed by atoms with Gasteiger partial charge < -0.3 is 15.0 Å². The van der Waals surface area contributed by atoms with Crippen molar-refractivity contribution in [3.8, 4) is 5.75 Å². The van der Waals surface area contributed by atoms with Crippen molar-refractivity contribution in [2.24, 2.45) is 0 Å². The fourth-order valence-electron chi connectivity index (χ4n) is 2.41. The highest BCUT2D eigenvalue weighted by Gasteiger charge is 2.14. The first-order valence-corrected chi connectivity index (χ1v) is 8.69. The number of benzene rings is 2. The Morgan fingerprint density at radius 1 is 1.11 bits per heavy atom. The minimum Gasteiger partial charge on any atom is -0.485 e. The summed E-state index contributed by atoms with van der Waals surface area (Å²) in [6, 6.07) is 13.8. The van der Waals surface area contributed by atoms with Crippen molar-refractivity contribution in [1.29, 1.82) is 5.41 Å². The number of nitrogens with one attached hydrogen (secondary N) is 2. The first-order chi connectivity index (χ1) is 13.5. The summed E-state index contributed by atoms with van der Waals surface area (Å²) in [6.45, 7) is -0.306. The van der Waals surface area contributed by atoms with Crippen LogP contribution in [-0.4, -0.2) is 18.0 Å². The van der Waals surface area contributed by atoms with Gasteiger partial charge in [0.05, 0.1) is 5.56 Å². The zero-order valence-electron chi connectivity index (χ0n) is 14.9. The fraction of sp³-hybridized carbons (Fsp3) is 0.100. The minimum absolute atomic E-state index is 0.0305. The number of ether oxygens (including phenoxy) is 1. The molecule has 2 N–H and O–H groups in total. The molecule has 8 heteroatoms. The summed E-state index contributed by atoms with van der Waals surface area (Å²) in [4.78, 5) is 5.74. The molecule has 0 fully saturated rings. The summed E-state index contributed by atoms with van der Waals surface area (Å²) in [6.07, 6.45) is 1.52. The van der Waals surface area contributed by atoms with Crippen molar-refractivity contribution in [3.05, 3.63) is 83.0 Å². The van der Waals surface area contributed by atoms with Gasteiger partial charge >= 0.3 is 0 Å². The number of anilines is 2. The van der Waals surface area contributed by atoms with E-state index in [0.717, 1.165) is 5.69 Å². The molecule has 0 radical (unpaired) electrons. The number of halogens is 3. The molecule has 0 saturated carbocycles. The molecule has 0 aliphatic rings. The largest absolute Gasteiger partial charge is 0.485 e. The van der Waals surface area contributed by atoms with Gasteiger partial charge in [0.1, 0.15) is 18.2 Å². The highest BCUT2D eigenvalue weighted by Crippen LogP contribution is 2.24. The summed E-state index contributed by atoms with van der Waals surface area (Å²) in [5.74, 6) is -0.824. The Morgan fingerprint density at radius 2 is 1.79 bits per heavy atom. The molecular weight excluding hydrogens is 386 g/mol. The molecule has 2 aromatic carbocycles. The number of hydrogen-bond donors (Lipinski definition) is 2. The van der Waals surface area contributed by atoms with E-state index in [9.17, 15) is 8.78 Å². The van der Waals surface area contributed by atoms with Crippen LogP contribution in [0.5, 0.6) is 5.75 Å². The van der Waals surface area contributed by atoms with Gasteiger partial charge in [-0.3, -0.25) is 5.41 Å². The summed E-state index contributed by atoms with van der Waals surface area (Å²) in [7, 11) is 1.71. The van der Waals surface area contributed by atoms with Crippen LogP contribution in [0.1, 0.15) is 5.56 Å². The molecule has 5 nitrogen and oxygen atoms in total. The Morgan fingerprint density at radius 3 is 2.46 bits per heavy atom. The van der Waals surface area contributed by atoms with Crippen LogP contribution in [0.4, 0.5) is 20.3 Å². The molecule has 0 aliphatic carbocycles. The second-order valence-electron chi connectivity index (χ2n) is 5.85. The normalized spacial score (nSPS) is 10.4. The average molecular weight is 403 g/mol. The highest BCUT2D eigenvalue weighted by molar-refractivity contribution is 6.30. The molecular formula is C20H17ClF2N4O. The Labute approximate surface area is 166 Å². The maximum absolute atomic E-state index is 13.8. The van der Waals surface area contributed by atoms with Crippen molar-refractivity contribution in [1.82, 2.24) is 4.98 Å². The van der Waals surface area contributed by atoms with Gasteiger partial charge in [0.2, 0.25) is 5.96 Å². The lowest BCUT2D eigenvalue weighted by Gasteiger charge is -2.21. The third-order valence-corrected chi connectivity index (χ3v) is 4.24. The Balaban J connectivity index is 1.73. The van der Waals surface area contributed by atoms with E-state index in [-0.39, 0.29) is 29.7 Å². The number of aromatic nitrogens is 1. The van der Waals surface area contributed by atoms with Gasteiger partial charge in [0.25, 0.3) is 0 Å². The van der Waals surface area contributed by atoms with Crippen LogP contribution in [-0.2, 0) is 6.61 Å². The number of nitrogens with zero attached hydrogens (tertiary/aromatic N) is 2. The number of hydrogen-bond acceptors (Lipinski definition) is 3. The van der Waals surface area contributed by atoms with Crippen LogP contribution < -0.4 is 15.0 Å². The van der Waals surface area contributed by atoms with Gasteiger partial charge in [0, 0.05) is 24.0 Å². The number of guanidine groups is 1. The maximum atomic E-state index is 13.8. The van der Waals surface area contributed by atoms with Gasteiger partial charge in [-0.15, -0.1) is 0 Å². The summed E-state index contributed by atoms with van der Waals surface area (Å²) < 4.78 is 33.1. The van der Waals surface area contributed by atoms with Crippen LogP contribution in [0.25, 0.3) is 0 Å². The second kappa shape index (κ2) is 8.67. The SMILES string of the molecule is CN(C(=N)Nc1ncccc1OCc1c(F)cccc1F)c1ccc(Cl)cc1. The Kier molecular flexibility index (Phi) is 6.06. The first kappa shape index (κ1) is 19.6. The molecule has 0 saturated heterocycles. The third kappa shape index (κ3) is 4.55. The smallest absolute Gasteiger partial charge is 0.201 e. The van der Waals surface area contributed by atoms with Crippen LogP contribution in [0.3, 0.4) is 0 Å². The third-order valence-electron chi connectivity index (χ3n) is 3.99. The molecule has 0 bridgehead atoms. The van der Waals surface area contributed by atoms with Crippen LogP contribution in [0.15, 0.2) is 60.8 Å². The van der Waals surface area contributed by atoms with Gasteiger partial charge in [-0.25, -0.2) is 13.8 Å². The average Bonchev–Trinajstić information content (AvgIpc) is 2.69. The topological polar surface area (TPSA) is 61.2 Å². The van der Waals surface area contributed by atoms with E-state index < -0.39 is 11.6 Å². The second-order valence-corrected chi connectivity index (χ2v) is 6.28. The van der Waals surface area contributed by atoms with Crippen molar-refractivity contribution >= 4 is 29.1 Å². The Hall–Kier alpha value is -3.19. The van der Waals surface area contributed by atoms with Gasteiger partial charge in [-0.05, 0) is 48.5 Å². The maximum Gasteiger partial charge on any atom is 0.201 e. The molecule has 0 spiro atoms. The van der Waals surface area contributed by atoms with E-state index in [2.05, 4.69) is 10.3 Å². The molecule has 0 aliphatic heterocycles. The predicted molar refractivity (Wildman–Crippen MR) is 106 cm³/mol. The molecule has 144 valence electrons. The monoisotopic (exact) mass is 402 g/mol. The summed E-state index contributed by atoms with van der Waals surface area (Å²) in [5, 5.41) is 11.7. The minimum atomic E-state index is -0.686. The number of pyridine rings is 1. The molecule has 1 heterocycles.